The van der Waals surface area contributed by atoms with Gasteiger partial charge >= 0.3 is 0 Å². The average molecular weight is 349 g/mol. The lowest BCUT2D eigenvalue weighted by molar-refractivity contribution is 0.0729. The predicted molar refractivity (Wildman–Crippen MR) is 81.2 cm³/mol. The highest BCUT2D eigenvalue weighted by Crippen LogP contribution is 2.30. The Kier molecular flexibility index (Phi) is 4.01. The summed E-state index contributed by atoms with van der Waals surface area (Å²) in [5.41, 5.74) is 1.50. The van der Waals surface area contributed by atoms with Crippen molar-refractivity contribution < 1.29 is 9.18 Å². The van der Waals surface area contributed by atoms with E-state index < -0.39 is 0 Å². The second-order valence-corrected chi connectivity index (χ2v) is 6.10. The second kappa shape index (κ2) is 5.93. The van der Waals surface area contributed by atoms with Crippen molar-refractivity contribution in [2.45, 2.75) is 25.4 Å². The van der Waals surface area contributed by atoms with Crippen molar-refractivity contribution >= 4 is 21.8 Å². The smallest absolute Gasteiger partial charge is 0.256 e. The summed E-state index contributed by atoms with van der Waals surface area (Å²) in [6, 6.07) is 8.34. The highest BCUT2D eigenvalue weighted by molar-refractivity contribution is 9.10. The number of hydrogen-bond acceptors (Lipinski definition) is 2. The average Bonchev–Trinajstić information content (AvgIpc) is 3.30. The molecule has 2 aromatic rings. The maximum atomic E-state index is 13.0. The number of amides is 1. The molecule has 0 unspecified atom stereocenters. The van der Waals surface area contributed by atoms with Gasteiger partial charge in [-0.3, -0.25) is 9.78 Å². The SMILES string of the molecule is O=C(c1cncc(Br)c1)N(Cc1ccc(F)cc1)C1CC1. The Morgan fingerprint density at radius 3 is 2.62 bits per heavy atom. The maximum Gasteiger partial charge on any atom is 0.256 e. The highest BCUT2D eigenvalue weighted by Gasteiger charge is 2.33. The molecule has 0 spiro atoms. The third kappa shape index (κ3) is 3.47. The monoisotopic (exact) mass is 348 g/mol. The number of hydrogen-bond donors (Lipinski definition) is 0. The number of benzene rings is 1. The van der Waals surface area contributed by atoms with Crippen LogP contribution in [0, 0.1) is 5.82 Å². The van der Waals surface area contributed by atoms with Gasteiger partial charge in [0.2, 0.25) is 0 Å². The van der Waals surface area contributed by atoms with E-state index in [1.54, 1.807) is 30.6 Å². The number of carbonyl (C=O) groups is 1. The summed E-state index contributed by atoms with van der Waals surface area (Å²) in [7, 11) is 0. The van der Waals surface area contributed by atoms with Gasteiger partial charge in [0.15, 0.2) is 0 Å². The molecule has 1 heterocycles. The summed E-state index contributed by atoms with van der Waals surface area (Å²) >= 11 is 3.33. The lowest BCUT2D eigenvalue weighted by Gasteiger charge is -2.22. The minimum atomic E-state index is -0.265. The van der Waals surface area contributed by atoms with Crippen molar-refractivity contribution in [2.24, 2.45) is 0 Å². The van der Waals surface area contributed by atoms with Gasteiger partial charge in [0.1, 0.15) is 5.82 Å². The molecule has 21 heavy (non-hydrogen) atoms. The number of halogens is 2. The largest absolute Gasteiger partial charge is 0.331 e. The van der Waals surface area contributed by atoms with E-state index in [0.29, 0.717) is 12.1 Å². The molecule has 3 nitrogen and oxygen atoms in total. The van der Waals surface area contributed by atoms with Crippen LogP contribution in [0.15, 0.2) is 47.2 Å². The molecule has 0 radical (unpaired) electrons. The molecule has 1 aromatic heterocycles. The fraction of sp³-hybridized carbons (Fsp3) is 0.250. The van der Waals surface area contributed by atoms with E-state index in [4.69, 9.17) is 0 Å². The molecule has 5 heteroatoms. The molecule has 0 bridgehead atoms. The van der Waals surface area contributed by atoms with Crippen molar-refractivity contribution in [2.75, 3.05) is 0 Å². The Morgan fingerprint density at radius 2 is 2.00 bits per heavy atom. The zero-order chi connectivity index (χ0) is 14.8. The summed E-state index contributed by atoms with van der Waals surface area (Å²) in [5, 5.41) is 0. The van der Waals surface area contributed by atoms with Gasteiger partial charge < -0.3 is 4.90 Å². The van der Waals surface area contributed by atoms with Crippen molar-refractivity contribution in [1.82, 2.24) is 9.88 Å². The number of nitrogens with zero attached hydrogens (tertiary/aromatic N) is 2. The Morgan fingerprint density at radius 1 is 1.29 bits per heavy atom. The van der Waals surface area contributed by atoms with E-state index in [-0.39, 0.29) is 17.8 Å². The molecule has 1 saturated carbocycles. The molecule has 108 valence electrons. The number of pyridine rings is 1. The number of aromatic nitrogens is 1. The standard InChI is InChI=1S/C16H14BrFN2O/c17-13-7-12(8-19-9-13)16(21)20(15-5-6-15)10-11-1-3-14(18)4-2-11/h1-4,7-9,15H,5-6,10H2. The summed E-state index contributed by atoms with van der Waals surface area (Å²) < 4.78 is 13.8. The van der Waals surface area contributed by atoms with Crippen LogP contribution in [-0.2, 0) is 6.54 Å². The van der Waals surface area contributed by atoms with Crippen LogP contribution < -0.4 is 0 Å². The van der Waals surface area contributed by atoms with Crippen LogP contribution in [-0.4, -0.2) is 21.8 Å². The van der Waals surface area contributed by atoms with Crippen LogP contribution in [0.4, 0.5) is 4.39 Å². The van der Waals surface area contributed by atoms with Gasteiger partial charge in [-0.25, -0.2) is 4.39 Å². The van der Waals surface area contributed by atoms with Crippen LogP contribution in [0.5, 0.6) is 0 Å². The predicted octanol–water partition coefficient (Wildman–Crippen LogP) is 3.79. The van der Waals surface area contributed by atoms with Crippen LogP contribution >= 0.6 is 15.9 Å². The van der Waals surface area contributed by atoms with E-state index in [1.165, 1.54) is 12.1 Å². The molecule has 0 saturated heterocycles. The maximum absolute atomic E-state index is 13.0. The first-order valence-electron chi connectivity index (χ1n) is 6.79. The first-order valence-corrected chi connectivity index (χ1v) is 7.59. The number of rotatable bonds is 4. The minimum Gasteiger partial charge on any atom is -0.331 e. The van der Waals surface area contributed by atoms with E-state index in [9.17, 15) is 9.18 Å². The molecule has 0 aliphatic heterocycles. The Labute approximate surface area is 130 Å². The lowest BCUT2D eigenvalue weighted by atomic mass is 10.2. The fourth-order valence-corrected chi connectivity index (χ4v) is 2.60. The van der Waals surface area contributed by atoms with Crippen LogP contribution in [0.2, 0.25) is 0 Å². The topological polar surface area (TPSA) is 33.2 Å². The normalized spacial score (nSPS) is 14.0. The Bertz CT molecular complexity index is 656. The number of carbonyl (C=O) groups excluding carboxylic acids is 1. The van der Waals surface area contributed by atoms with Crippen molar-refractivity contribution in [3.63, 3.8) is 0 Å². The summed E-state index contributed by atoms with van der Waals surface area (Å²) in [6.07, 6.45) is 5.27. The molecule has 1 amide bonds. The molecule has 3 rings (SSSR count). The van der Waals surface area contributed by atoms with Crippen LogP contribution in [0.1, 0.15) is 28.8 Å². The quantitative estimate of drug-likeness (QED) is 0.842. The zero-order valence-corrected chi connectivity index (χ0v) is 12.9. The van der Waals surface area contributed by atoms with E-state index >= 15 is 0 Å². The van der Waals surface area contributed by atoms with Crippen molar-refractivity contribution in [3.05, 3.63) is 64.1 Å². The van der Waals surface area contributed by atoms with Gasteiger partial charge in [0.05, 0.1) is 5.56 Å². The van der Waals surface area contributed by atoms with E-state index in [2.05, 4.69) is 20.9 Å². The summed E-state index contributed by atoms with van der Waals surface area (Å²) in [6.45, 7) is 0.496. The zero-order valence-electron chi connectivity index (χ0n) is 11.3. The van der Waals surface area contributed by atoms with Crippen LogP contribution in [0.25, 0.3) is 0 Å². The van der Waals surface area contributed by atoms with Gasteiger partial charge in [-0.05, 0) is 52.5 Å². The van der Waals surface area contributed by atoms with Gasteiger partial charge in [-0.1, -0.05) is 12.1 Å². The molecule has 1 aliphatic rings. The van der Waals surface area contributed by atoms with E-state index in [0.717, 1.165) is 22.9 Å². The van der Waals surface area contributed by atoms with Crippen molar-refractivity contribution in [1.29, 1.82) is 0 Å². The fourth-order valence-electron chi connectivity index (χ4n) is 2.23. The first kappa shape index (κ1) is 14.2. The molecule has 1 fully saturated rings. The Hall–Kier alpha value is -1.75. The molecule has 0 atom stereocenters. The molecule has 0 N–H and O–H groups in total. The summed E-state index contributed by atoms with van der Waals surface area (Å²) in [5.74, 6) is -0.296. The molecular formula is C16H14BrFN2O. The third-order valence-corrected chi connectivity index (χ3v) is 3.90. The highest BCUT2D eigenvalue weighted by atomic mass is 79.9. The van der Waals surface area contributed by atoms with Gasteiger partial charge in [0.25, 0.3) is 5.91 Å². The van der Waals surface area contributed by atoms with E-state index in [1.807, 2.05) is 4.90 Å². The third-order valence-electron chi connectivity index (χ3n) is 3.47. The summed E-state index contributed by atoms with van der Waals surface area (Å²) in [4.78, 5) is 18.5. The van der Waals surface area contributed by atoms with Gasteiger partial charge in [-0.15, -0.1) is 0 Å². The molecule has 1 aliphatic carbocycles. The van der Waals surface area contributed by atoms with Crippen molar-refractivity contribution in [3.8, 4) is 0 Å². The lowest BCUT2D eigenvalue weighted by Crippen LogP contribution is -2.32. The molecular weight excluding hydrogens is 335 g/mol. The molecule has 1 aromatic carbocycles. The second-order valence-electron chi connectivity index (χ2n) is 5.18. The van der Waals surface area contributed by atoms with Gasteiger partial charge in [-0.2, -0.15) is 0 Å². The van der Waals surface area contributed by atoms with Gasteiger partial charge in [0, 0.05) is 29.5 Å². The minimum absolute atomic E-state index is 0.0318. The first-order chi connectivity index (χ1) is 10.1. The Balaban J connectivity index is 1.81. The van der Waals surface area contributed by atoms with Crippen LogP contribution in [0.3, 0.4) is 0 Å².